The number of benzene rings is 1. The number of halogens is 1. The maximum atomic E-state index is 5.58. The standard InChI is InChI=1S/C10H10BrN3O2/c11-6-1-5(7-3-13-10(12)14-7)2-8-9(6)16-4-15-8/h1-2,7H,3-4H2,(H3,12,13,14). The highest BCUT2D eigenvalue weighted by Crippen LogP contribution is 2.41. The molecule has 0 fully saturated rings. The number of nitrogens with one attached hydrogen (secondary N) is 1. The second-order valence-electron chi connectivity index (χ2n) is 3.66. The Morgan fingerprint density at radius 2 is 2.31 bits per heavy atom. The fourth-order valence-corrected chi connectivity index (χ4v) is 2.41. The van der Waals surface area contributed by atoms with Gasteiger partial charge in [0, 0.05) is 0 Å². The van der Waals surface area contributed by atoms with E-state index in [0.29, 0.717) is 12.5 Å². The molecule has 1 aromatic carbocycles. The molecule has 1 aromatic rings. The molecule has 0 bridgehead atoms. The van der Waals surface area contributed by atoms with Gasteiger partial charge in [-0.1, -0.05) is 0 Å². The number of ether oxygens (including phenoxy) is 2. The summed E-state index contributed by atoms with van der Waals surface area (Å²) in [6.07, 6.45) is 0. The van der Waals surface area contributed by atoms with Crippen LogP contribution in [-0.2, 0) is 0 Å². The zero-order chi connectivity index (χ0) is 11.1. The van der Waals surface area contributed by atoms with Crippen LogP contribution in [-0.4, -0.2) is 19.3 Å². The largest absolute Gasteiger partial charge is 0.454 e. The fraction of sp³-hybridized carbons (Fsp3) is 0.300. The van der Waals surface area contributed by atoms with E-state index >= 15 is 0 Å². The van der Waals surface area contributed by atoms with Crippen molar-refractivity contribution in [3.63, 3.8) is 0 Å². The van der Waals surface area contributed by atoms with Crippen LogP contribution in [0.15, 0.2) is 21.6 Å². The van der Waals surface area contributed by atoms with Crippen LogP contribution >= 0.6 is 15.9 Å². The van der Waals surface area contributed by atoms with Gasteiger partial charge in [0.2, 0.25) is 6.79 Å². The van der Waals surface area contributed by atoms with Crippen LogP contribution in [0, 0.1) is 0 Å². The second kappa shape index (κ2) is 3.55. The molecule has 0 radical (unpaired) electrons. The topological polar surface area (TPSA) is 68.9 Å². The van der Waals surface area contributed by atoms with Gasteiger partial charge in [-0.2, -0.15) is 0 Å². The van der Waals surface area contributed by atoms with Crippen molar-refractivity contribution in [1.82, 2.24) is 5.32 Å². The molecule has 16 heavy (non-hydrogen) atoms. The third-order valence-electron chi connectivity index (χ3n) is 2.62. The number of rotatable bonds is 1. The quantitative estimate of drug-likeness (QED) is 0.811. The molecule has 0 spiro atoms. The van der Waals surface area contributed by atoms with Gasteiger partial charge in [0.25, 0.3) is 0 Å². The summed E-state index contributed by atoms with van der Waals surface area (Å²) in [7, 11) is 0. The molecule has 84 valence electrons. The van der Waals surface area contributed by atoms with Gasteiger partial charge in [0.1, 0.15) is 0 Å². The Hall–Kier alpha value is -1.43. The van der Waals surface area contributed by atoms with Gasteiger partial charge in [-0.05, 0) is 33.6 Å². The predicted octanol–water partition coefficient (Wildman–Crippen LogP) is 1.14. The number of guanidine groups is 1. The summed E-state index contributed by atoms with van der Waals surface area (Å²) in [5.41, 5.74) is 6.67. The molecular formula is C10H10BrN3O2. The zero-order valence-electron chi connectivity index (χ0n) is 8.37. The maximum Gasteiger partial charge on any atom is 0.231 e. The summed E-state index contributed by atoms with van der Waals surface area (Å²) in [6, 6.07) is 4.07. The van der Waals surface area contributed by atoms with Crippen LogP contribution in [0.2, 0.25) is 0 Å². The Bertz CT molecular complexity index is 475. The molecule has 0 amide bonds. The number of hydrogen-bond acceptors (Lipinski definition) is 5. The average molecular weight is 284 g/mol. The van der Waals surface area contributed by atoms with Gasteiger partial charge in [0.15, 0.2) is 17.5 Å². The van der Waals surface area contributed by atoms with Crippen molar-refractivity contribution in [3.05, 3.63) is 22.2 Å². The molecule has 2 heterocycles. The Labute approximate surface area is 101 Å². The zero-order valence-corrected chi connectivity index (χ0v) is 9.95. The van der Waals surface area contributed by atoms with Gasteiger partial charge >= 0.3 is 0 Å². The number of hydrogen-bond donors (Lipinski definition) is 2. The van der Waals surface area contributed by atoms with Crippen LogP contribution in [0.5, 0.6) is 11.5 Å². The molecule has 0 aliphatic carbocycles. The normalized spacial score (nSPS) is 21.8. The van der Waals surface area contributed by atoms with Crippen molar-refractivity contribution in [3.8, 4) is 11.5 Å². The first-order valence-electron chi connectivity index (χ1n) is 4.89. The Morgan fingerprint density at radius 3 is 3.06 bits per heavy atom. The van der Waals surface area contributed by atoms with Crippen LogP contribution in [0.25, 0.3) is 0 Å². The third-order valence-corrected chi connectivity index (χ3v) is 3.21. The van der Waals surface area contributed by atoms with E-state index in [-0.39, 0.29) is 12.8 Å². The highest BCUT2D eigenvalue weighted by molar-refractivity contribution is 9.10. The highest BCUT2D eigenvalue weighted by atomic mass is 79.9. The summed E-state index contributed by atoms with van der Waals surface area (Å²) < 4.78 is 11.6. The second-order valence-corrected chi connectivity index (χ2v) is 4.51. The van der Waals surface area contributed by atoms with Gasteiger partial charge in [-0.15, -0.1) is 0 Å². The lowest BCUT2D eigenvalue weighted by Crippen LogP contribution is -2.29. The summed E-state index contributed by atoms with van der Waals surface area (Å²) in [5.74, 6) is 2.01. The summed E-state index contributed by atoms with van der Waals surface area (Å²) in [5, 5.41) is 3.10. The number of nitrogens with two attached hydrogens (primary N) is 1. The Kier molecular flexibility index (Phi) is 2.17. The van der Waals surface area contributed by atoms with Gasteiger partial charge < -0.3 is 20.5 Å². The molecular weight excluding hydrogens is 274 g/mol. The number of fused-ring (bicyclic) bond motifs is 1. The smallest absolute Gasteiger partial charge is 0.231 e. The Morgan fingerprint density at radius 1 is 1.44 bits per heavy atom. The van der Waals surface area contributed by atoms with Crippen molar-refractivity contribution in [1.29, 1.82) is 0 Å². The lowest BCUT2D eigenvalue weighted by atomic mass is 10.1. The first-order chi connectivity index (χ1) is 7.74. The molecule has 0 saturated carbocycles. The molecule has 1 atom stereocenters. The van der Waals surface area contributed by atoms with Crippen molar-refractivity contribution >= 4 is 21.9 Å². The van der Waals surface area contributed by atoms with E-state index in [1.54, 1.807) is 0 Å². The predicted molar refractivity (Wildman–Crippen MR) is 62.6 cm³/mol. The van der Waals surface area contributed by atoms with Crippen LogP contribution < -0.4 is 20.5 Å². The van der Waals surface area contributed by atoms with E-state index in [1.165, 1.54) is 0 Å². The fourth-order valence-electron chi connectivity index (χ4n) is 1.84. The third kappa shape index (κ3) is 1.49. The van der Waals surface area contributed by atoms with E-state index < -0.39 is 0 Å². The summed E-state index contributed by atoms with van der Waals surface area (Å²) >= 11 is 3.46. The SMILES string of the molecule is NC1=NCC(c2cc(Br)c3c(c2)OCO3)N1. The number of nitrogens with zero attached hydrogens (tertiary/aromatic N) is 1. The minimum absolute atomic E-state index is 0.116. The summed E-state index contributed by atoms with van der Waals surface area (Å²) in [4.78, 5) is 4.11. The minimum atomic E-state index is 0.116. The first-order valence-corrected chi connectivity index (χ1v) is 5.69. The molecule has 6 heteroatoms. The highest BCUT2D eigenvalue weighted by Gasteiger charge is 2.23. The average Bonchev–Trinajstić information content (AvgIpc) is 2.85. The monoisotopic (exact) mass is 283 g/mol. The van der Waals surface area contributed by atoms with Crippen LogP contribution in [0.4, 0.5) is 0 Å². The summed E-state index contributed by atoms with van der Waals surface area (Å²) in [6.45, 7) is 0.923. The van der Waals surface area contributed by atoms with E-state index in [2.05, 4.69) is 26.2 Å². The molecule has 1 unspecified atom stereocenters. The van der Waals surface area contributed by atoms with Gasteiger partial charge in [-0.3, -0.25) is 4.99 Å². The van der Waals surface area contributed by atoms with Crippen molar-refractivity contribution < 1.29 is 9.47 Å². The van der Waals surface area contributed by atoms with Crippen LogP contribution in [0.3, 0.4) is 0 Å². The molecule has 5 nitrogen and oxygen atoms in total. The molecule has 2 aliphatic heterocycles. The van der Waals surface area contributed by atoms with Crippen LogP contribution in [0.1, 0.15) is 11.6 Å². The van der Waals surface area contributed by atoms with Gasteiger partial charge in [-0.25, -0.2) is 0 Å². The molecule has 0 aromatic heterocycles. The van der Waals surface area contributed by atoms with Crippen molar-refractivity contribution in [2.45, 2.75) is 6.04 Å². The Balaban J connectivity index is 1.95. The van der Waals surface area contributed by atoms with Crippen molar-refractivity contribution in [2.75, 3.05) is 13.3 Å². The van der Waals surface area contributed by atoms with Gasteiger partial charge in [0.05, 0.1) is 17.1 Å². The maximum absolute atomic E-state index is 5.58. The van der Waals surface area contributed by atoms with E-state index in [0.717, 1.165) is 21.5 Å². The van der Waals surface area contributed by atoms with E-state index in [4.69, 9.17) is 15.2 Å². The first kappa shape index (κ1) is 9.77. The van der Waals surface area contributed by atoms with E-state index in [9.17, 15) is 0 Å². The molecule has 3 N–H and O–H groups in total. The lowest BCUT2D eigenvalue weighted by molar-refractivity contribution is 0.173. The minimum Gasteiger partial charge on any atom is -0.454 e. The molecule has 0 saturated heterocycles. The van der Waals surface area contributed by atoms with E-state index in [1.807, 2.05) is 12.1 Å². The van der Waals surface area contributed by atoms with Crippen molar-refractivity contribution in [2.24, 2.45) is 10.7 Å². The number of aliphatic imine (C=N–C) groups is 1. The molecule has 2 aliphatic rings. The molecule has 3 rings (SSSR count). The lowest BCUT2D eigenvalue weighted by Gasteiger charge is -2.12.